The minimum absolute atomic E-state index is 0.0397. The molecule has 2 heteroatoms. The number of fused-ring (bicyclic) bond motifs is 7. The highest BCUT2D eigenvalue weighted by atomic mass is 15.0. The molecule has 1 aromatic heterocycles. The molecule has 1 nitrogen and oxygen atoms in total. The van der Waals surface area contributed by atoms with Crippen molar-refractivity contribution in [2.45, 2.75) is 19.3 Å². The highest BCUT2D eigenvalue weighted by Gasteiger charge is 2.44. The third-order valence-electron chi connectivity index (χ3n) is 8.47. The topological polar surface area (TPSA) is 4.93 Å². The summed E-state index contributed by atoms with van der Waals surface area (Å²) in [5.74, 6) is 0. The van der Waals surface area contributed by atoms with E-state index in [4.69, 9.17) is 0 Å². The minimum atomic E-state index is -0.0397. The first kappa shape index (κ1) is 19.3. The smallest absolute Gasteiger partial charge is 0.247 e. The van der Waals surface area contributed by atoms with Crippen LogP contribution in [0.25, 0.3) is 38.6 Å². The SMILES string of the molecule is CC1(C)c2ccccc2B2c3c(cccc31)-n1c3cccc(-c4ccccc4)c3c3cccc2c31. The van der Waals surface area contributed by atoms with Gasteiger partial charge in [0.25, 0.3) is 0 Å². The second-order valence-electron chi connectivity index (χ2n) is 10.5. The summed E-state index contributed by atoms with van der Waals surface area (Å²) in [4.78, 5) is 0. The van der Waals surface area contributed by atoms with Gasteiger partial charge in [-0.1, -0.05) is 116 Å². The lowest BCUT2D eigenvalue weighted by Gasteiger charge is -2.41. The van der Waals surface area contributed by atoms with Crippen LogP contribution in [0.2, 0.25) is 0 Å². The van der Waals surface area contributed by atoms with Crippen molar-refractivity contribution in [1.82, 2.24) is 4.57 Å². The summed E-state index contributed by atoms with van der Waals surface area (Å²) in [5.41, 5.74) is 13.7. The van der Waals surface area contributed by atoms with Gasteiger partial charge in [0.05, 0.1) is 5.52 Å². The van der Waals surface area contributed by atoms with Gasteiger partial charge in [0.15, 0.2) is 0 Å². The third-order valence-corrected chi connectivity index (χ3v) is 8.47. The maximum absolute atomic E-state index is 2.55. The zero-order valence-electron chi connectivity index (χ0n) is 19.9. The van der Waals surface area contributed by atoms with Crippen molar-refractivity contribution < 1.29 is 0 Å². The molecule has 6 aromatic rings. The molecular weight excluding hydrogens is 421 g/mol. The molecule has 8 rings (SSSR count). The number of nitrogens with zero attached hydrogens (tertiary/aromatic N) is 1. The van der Waals surface area contributed by atoms with Crippen LogP contribution in [0.1, 0.15) is 25.0 Å². The zero-order valence-corrected chi connectivity index (χ0v) is 19.9. The molecule has 35 heavy (non-hydrogen) atoms. The van der Waals surface area contributed by atoms with Gasteiger partial charge in [0, 0.05) is 27.4 Å². The van der Waals surface area contributed by atoms with E-state index in [0.29, 0.717) is 0 Å². The summed E-state index contributed by atoms with van der Waals surface area (Å²) in [5, 5.41) is 2.69. The number of aromatic nitrogens is 1. The van der Waals surface area contributed by atoms with E-state index in [1.807, 2.05) is 0 Å². The van der Waals surface area contributed by atoms with Crippen LogP contribution in [-0.2, 0) is 5.41 Å². The van der Waals surface area contributed by atoms with Crippen molar-refractivity contribution in [1.29, 1.82) is 0 Å². The van der Waals surface area contributed by atoms with Crippen molar-refractivity contribution in [2.24, 2.45) is 0 Å². The molecule has 5 aromatic carbocycles. The van der Waals surface area contributed by atoms with Gasteiger partial charge in [-0.3, -0.25) is 0 Å². The lowest BCUT2D eigenvalue weighted by atomic mass is 9.30. The fourth-order valence-electron chi connectivity index (χ4n) is 7.02. The third kappa shape index (κ3) is 2.30. The average molecular weight is 445 g/mol. The Kier molecular flexibility index (Phi) is 3.61. The molecule has 0 unspecified atom stereocenters. The summed E-state index contributed by atoms with van der Waals surface area (Å²) in [7, 11) is 0. The molecular formula is C33H24BN. The molecule has 2 aliphatic heterocycles. The van der Waals surface area contributed by atoms with Crippen LogP contribution in [0, 0.1) is 0 Å². The summed E-state index contributed by atoms with van der Waals surface area (Å²) in [6.45, 7) is 5.02. The van der Waals surface area contributed by atoms with Crippen molar-refractivity contribution in [3.63, 3.8) is 0 Å². The standard InChI is InChI=1S/C33H24BN/c1-33(2)24-15-6-7-17-26(24)34-27-18-8-14-23-30-22(21-11-4-3-5-12-21)13-9-19-28(30)35(32(23)27)29-20-10-16-25(33)31(29)34/h3-20H,1-2H3. The molecule has 2 aliphatic rings. The molecule has 0 atom stereocenters. The monoisotopic (exact) mass is 445 g/mol. The number of hydrogen-bond acceptors (Lipinski definition) is 0. The van der Waals surface area contributed by atoms with E-state index in [0.717, 1.165) is 0 Å². The van der Waals surface area contributed by atoms with E-state index in [-0.39, 0.29) is 12.1 Å². The molecule has 0 radical (unpaired) electrons. The molecule has 0 aliphatic carbocycles. The fourth-order valence-corrected chi connectivity index (χ4v) is 7.02. The zero-order chi connectivity index (χ0) is 23.3. The van der Waals surface area contributed by atoms with E-state index in [2.05, 4.69) is 128 Å². The highest BCUT2D eigenvalue weighted by Crippen LogP contribution is 2.41. The van der Waals surface area contributed by atoms with Gasteiger partial charge >= 0.3 is 0 Å². The van der Waals surface area contributed by atoms with Gasteiger partial charge in [-0.2, -0.15) is 0 Å². The maximum Gasteiger partial charge on any atom is 0.247 e. The van der Waals surface area contributed by atoms with Crippen molar-refractivity contribution in [3.05, 3.63) is 120 Å². The average Bonchev–Trinajstić information content (AvgIpc) is 3.25. The largest absolute Gasteiger partial charge is 0.310 e. The molecule has 0 amide bonds. The van der Waals surface area contributed by atoms with E-state index < -0.39 is 0 Å². The number of para-hydroxylation sites is 1. The van der Waals surface area contributed by atoms with Crippen LogP contribution in [-0.4, -0.2) is 11.3 Å². The summed E-state index contributed by atoms with van der Waals surface area (Å²) >= 11 is 0. The molecule has 164 valence electrons. The second-order valence-corrected chi connectivity index (χ2v) is 10.5. The Bertz CT molecular complexity index is 1820. The van der Waals surface area contributed by atoms with Gasteiger partial charge in [-0.25, -0.2) is 0 Å². The molecule has 0 saturated heterocycles. The summed E-state index contributed by atoms with van der Waals surface area (Å²) in [6, 6.07) is 40.6. The van der Waals surface area contributed by atoms with Gasteiger partial charge in [-0.05, 0) is 45.3 Å². The van der Waals surface area contributed by atoms with Crippen LogP contribution in [0.15, 0.2) is 109 Å². The minimum Gasteiger partial charge on any atom is -0.310 e. The number of benzene rings is 5. The van der Waals surface area contributed by atoms with E-state index in [1.165, 1.54) is 66.1 Å². The first-order valence-corrected chi connectivity index (χ1v) is 12.5. The van der Waals surface area contributed by atoms with E-state index in [1.54, 1.807) is 0 Å². The maximum atomic E-state index is 2.55. The molecule has 3 heterocycles. The Morgan fingerprint density at radius 2 is 1.34 bits per heavy atom. The van der Waals surface area contributed by atoms with Gasteiger partial charge in [0.1, 0.15) is 0 Å². The molecule has 0 fully saturated rings. The van der Waals surface area contributed by atoms with Crippen molar-refractivity contribution >= 4 is 44.9 Å². The lowest BCUT2D eigenvalue weighted by Crippen LogP contribution is -2.63. The van der Waals surface area contributed by atoms with Crippen LogP contribution in [0.3, 0.4) is 0 Å². The van der Waals surface area contributed by atoms with Crippen molar-refractivity contribution in [2.75, 3.05) is 0 Å². The molecule has 0 N–H and O–H groups in total. The summed E-state index contributed by atoms with van der Waals surface area (Å²) in [6.07, 6.45) is 0. The molecule has 0 bridgehead atoms. The van der Waals surface area contributed by atoms with Gasteiger partial charge < -0.3 is 4.57 Å². The predicted molar refractivity (Wildman–Crippen MR) is 149 cm³/mol. The first-order chi connectivity index (χ1) is 17.2. The van der Waals surface area contributed by atoms with Crippen molar-refractivity contribution in [3.8, 4) is 16.8 Å². The lowest BCUT2D eigenvalue weighted by molar-refractivity contribution is 0.645. The van der Waals surface area contributed by atoms with Crippen LogP contribution >= 0.6 is 0 Å². The molecule has 0 saturated carbocycles. The number of rotatable bonds is 1. The van der Waals surface area contributed by atoms with E-state index in [9.17, 15) is 0 Å². The normalized spacial score (nSPS) is 14.7. The Hall–Kier alpha value is -4.04. The predicted octanol–water partition coefficient (Wildman–Crippen LogP) is 5.92. The van der Waals surface area contributed by atoms with Crippen LogP contribution in [0.4, 0.5) is 0 Å². The first-order valence-electron chi connectivity index (χ1n) is 12.5. The van der Waals surface area contributed by atoms with Gasteiger partial charge in [-0.15, -0.1) is 0 Å². The Morgan fingerprint density at radius 1 is 0.629 bits per heavy atom. The quantitative estimate of drug-likeness (QED) is 0.277. The van der Waals surface area contributed by atoms with Crippen LogP contribution in [0.5, 0.6) is 0 Å². The van der Waals surface area contributed by atoms with Crippen LogP contribution < -0.4 is 16.4 Å². The highest BCUT2D eigenvalue weighted by molar-refractivity contribution is 6.99. The number of hydrogen-bond donors (Lipinski definition) is 0. The van der Waals surface area contributed by atoms with Gasteiger partial charge in [0.2, 0.25) is 6.71 Å². The fraction of sp³-hybridized carbons (Fsp3) is 0.0909. The Labute approximate surface area is 205 Å². The van der Waals surface area contributed by atoms with E-state index >= 15 is 0 Å². The Morgan fingerprint density at radius 3 is 2.23 bits per heavy atom. The summed E-state index contributed by atoms with van der Waals surface area (Å²) < 4.78 is 2.55. The Balaban J connectivity index is 1.59. The second kappa shape index (κ2) is 6.55. The molecule has 0 spiro atoms.